The number of nitrogens with zero attached hydrogens (tertiary/aromatic N) is 1. The van der Waals surface area contributed by atoms with Gasteiger partial charge in [-0.1, -0.05) is 28.1 Å². The Morgan fingerprint density at radius 2 is 2.10 bits per heavy atom. The molecule has 3 rings (SSSR count). The molecule has 1 heterocycles. The summed E-state index contributed by atoms with van der Waals surface area (Å²) >= 11 is 3.45. The Hall–Kier alpha value is -1.81. The molecule has 20 heavy (non-hydrogen) atoms. The molecule has 0 bridgehead atoms. The quantitative estimate of drug-likeness (QED) is 0.917. The predicted octanol–water partition coefficient (Wildman–Crippen LogP) is 3.29. The van der Waals surface area contributed by atoms with E-state index in [4.69, 9.17) is 0 Å². The van der Waals surface area contributed by atoms with E-state index in [1.54, 1.807) is 18.2 Å². The van der Waals surface area contributed by atoms with Gasteiger partial charge in [0.15, 0.2) is 0 Å². The number of amides is 1. The number of fused-ring (bicyclic) bond motifs is 1. The Balaban J connectivity index is 1.80. The summed E-state index contributed by atoms with van der Waals surface area (Å²) in [6, 6.07) is 12.9. The first kappa shape index (κ1) is 13.2. The standard InChI is InChI=1S/C16H14BrNO2/c17-13-4-5-15-12(10-13)6-7-18(15)16(20)9-11-2-1-3-14(19)8-11/h1-5,8,10,19H,6-7,9H2. The number of halogens is 1. The van der Waals surface area contributed by atoms with Crippen LogP contribution in [-0.4, -0.2) is 17.6 Å². The molecule has 0 aromatic heterocycles. The van der Waals surface area contributed by atoms with Gasteiger partial charge in [-0.25, -0.2) is 0 Å². The average Bonchev–Trinajstić information content (AvgIpc) is 2.81. The van der Waals surface area contributed by atoms with E-state index in [-0.39, 0.29) is 11.7 Å². The molecule has 2 aromatic carbocycles. The summed E-state index contributed by atoms with van der Waals surface area (Å²) in [6.07, 6.45) is 1.20. The van der Waals surface area contributed by atoms with Crippen molar-refractivity contribution in [2.45, 2.75) is 12.8 Å². The molecule has 0 spiro atoms. The summed E-state index contributed by atoms with van der Waals surface area (Å²) in [6.45, 7) is 0.726. The zero-order valence-corrected chi connectivity index (χ0v) is 12.4. The summed E-state index contributed by atoms with van der Waals surface area (Å²) in [5, 5.41) is 9.45. The zero-order chi connectivity index (χ0) is 14.1. The fourth-order valence-corrected chi connectivity index (χ4v) is 2.97. The third-order valence-electron chi connectivity index (χ3n) is 3.50. The van der Waals surface area contributed by atoms with E-state index in [1.807, 2.05) is 23.1 Å². The first-order valence-electron chi connectivity index (χ1n) is 6.50. The third kappa shape index (κ3) is 2.56. The van der Waals surface area contributed by atoms with E-state index in [0.717, 1.165) is 28.7 Å². The third-order valence-corrected chi connectivity index (χ3v) is 4.00. The molecule has 1 N–H and O–H groups in total. The molecule has 2 aromatic rings. The Morgan fingerprint density at radius 1 is 1.25 bits per heavy atom. The van der Waals surface area contributed by atoms with Crippen molar-refractivity contribution in [3.05, 3.63) is 58.1 Å². The molecule has 0 atom stereocenters. The molecular weight excluding hydrogens is 318 g/mol. The number of phenolic OH excluding ortho intramolecular Hbond substituents is 1. The first-order valence-corrected chi connectivity index (χ1v) is 7.29. The van der Waals surface area contributed by atoms with Gasteiger partial charge < -0.3 is 10.0 Å². The van der Waals surface area contributed by atoms with E-state index < -0.39 is 0 Å². The number of anilines is 1. The Morgan fingerprint density at radius 3 is 2.90 bits per heavy atom. The highest BCUT2D eigenvalue weighted by Crippen LogP contribution is 2.31. The summed E-state index contributed by atoms with van der Waals surface area (Å²) in [4.78, 5) is 14.2. The summed E-state index contributed by atoms with van der Waals surface area (Å²) in [5.74, 6) is 0.262. The summed E-state index contributed by atoms with van der Waals surface area (Å²) in [5.41, 5.74) is 3.03. The lowest BCUT2D eigenvalue weighted by molar-refractivity contribution is -0.117. The smallest absolute Gasteiger partial charge is 0.231 e. The highest BCUT2D eigenvalue weighted by Gasteiger charge is 2.24. The minimum absolute atomic E-state index is 0.0664. The van der Waals surface area contributed by atoms with Gasteiger partial charge in [0.05, 0.1) is 6.42 Å². The molecule has 0 saturated heterocycles. The molecule has 0 saturated carbocycles. The van der Waals surface area contributed by atoms with E-state index in [1.165, 1.54) is 5.56 Å². The molecule has 1 aliphatic heterocycles. The van der Waals surface area contributed by atoms with Crippen LogP contribution in [0.5, 0.6) is 5.75 Å². The second-order valence-electron chi connectivity index (χ2n) is 4.92. The molecule has 4 heteroatoms. The van der Waals surface area contributed by atoms with Crippen molar-refractivity contribution in [1.29, 1.82) is 0 Å². The van der Waals surface area contributed by atoms with E-state index in [9.17, 15) is 9.90 Å². The molecule has 0 aliphatic carbocycles. The van der Waals surface area contributed by atoms with Crippen LogP contribution in [0, 0.1) is 0 Å². The van der Waals surface area contributed by atoms with E-state index in [2.05, 4.69) is 22.0 Å². The normalized spacial score (nSPS) is 13.3. The molecule has 1 aliphatic rings. The molecule has 0 fully saturated rings. The zero-order valence-electron chi connectivity index (χ0n) is 10.8. The fourth-order valence-electron chi connectivity index (χ4n) is 2.57. The number of aromatic hydroxyl groups is 1. The second-order valence-corrected chi connectivity index (χ2v) is 5.83. The molecule has 102 valence electrons. The lowest BCUT2D eigenvalue weighted by atomic mass is 10.1. The molecule has 1 amide bonds. The van der Waals surface area contributed by atoms with Gasteiger partial charge in [0, 0.05) is 16.7 Å². The summed E-state index contributed by atoms with van der Waals surface area (Å²) < 4.78 is 1.04. The maximum absolute atomic E-state index is 12.4. The number of hydrogen-bond acceptors (Lipinski definition) is 2. The first-order chi connectivity index (χ1) is 9.63. The largest absolute Gasteiger partial charge is 0.508 e. The molecule has 0 unspecified atom stereocenters. The fraction of sp³-hybridized carbons (Fsp3) is 0.188. The Bertz CT molecular complexity index is 669. The Labute approximate surface area is 126 Å². The number of phenols is 1. The average molecular weight is 332 g/mol. The van der Waals surface area contributed by atoms with Gasteiger partial charge in [-0.3, -0.25) is 4.79 Å². The van der Waals surface area contributed by atoms with Crippen LogP contribution in [0.4, 0.5) is 5.69 Å². The van der Waals surface area contributed by atoms with Gasteiger partial charge in [0.2, 0.25) is 5.91 Å². The van der Waals surface area contributed by atoms with E-state index >= 15 is 0 Å². The number of carbonyl (C=O) groups excluding carboxylic acids is 1. The van der Waals surface area contributed by atoms with Crippen molar-refractivity contribution in [3.63, 3.8) is 0 Å². The SMILES string of the molecule is O=C(Cc1cccc(O)c1)N1CCc2cc(Br)ccc21. The van der Waals surface area contributed by atoms with Gasteiger partial charge in [-0.2, -0.15) is 0 Å². The van der Waals surface area contributed by atoms with Crippen LogP contribution in [0.3, 0.4) is 0 Å². The highest BCUT2D eigenvalue weighted by atomic mass is 79.9. The van der Waals surface area contributed by atoms with Crippen molar-refractivity contribution in [3.8, 4) is 5.75 Å². The van der Waals surface area contributed by atoms with Crippen molar-refractivity contribution in [2.75, 3.05) is 11.4 Å². The second kappa shape index (κ2) is 5.29. The van der Waals surface area contributed by atoms with Crippen molar-refractivity contribution in [2.24, 2.45) is 0 Å². The van der Waals surface area contributed by atoms with Crippen LogP contribution in [0.2, 0.25) is 0 Å². The maximum Gasteiger partial charge on any atom is 0.231 e. The minimum atomic E-state index is 0.0664. The number of benzene rings is 2. The number of carbonyl (C=O) groups is 1. The summed E-state index contributed by atoms with van der Waals surface area (Å²) in [7, 11) is 0. The van der Waals surface area contributed by atoms with Gasteiger partial charge in [0.1, 0.15) is 5.75 Å². The number of hydrogen-bond donors (Lipinski definition) is 1. The van der Waals surface area contributed by atoms with Crippen molar-refractivity contribution < 1.29 is 9.90 Å². The topological polar surface area (TPSA) is 40.5 Å². The van der Waals surface area contributed by atoms with Gasteiger partial charge in [-0.05, 0) is 47.9 Å². The van der Waals surface area contributed by atoms with Crippen LogP contribution in [-0.2, 0) is 17.6 Å². The van der Waals surface area contributed by atoms with Gasteiger partial charge in [-0.15, -0.1) is 0 Å². The molecular formula is C16H14BrNO2. The van der Waals surface area contributed by atoms with Gasteiger partial charge >= 0.3 is 0 Å². The maximum atomic E-state index is 12.4. The lowest BCUT2D eigenvalue weighted by Gasteiger charge is -2.17. The van der Waals surface area contributed by atoms with Gasteiger partial charge in [0.25, 0.3) is 0 Å². The van der Waals surface area contributed by atoms with Crippen LogP contribution in [0.25, 0.3) is 0 Å². The van der Waals surface area contributed by atoms with Crippen molar-refractivity contribution >= 4 is 27.5 Å². The molecule has 3 nitrogen and oxygen atoms in total. The van der Waals surface area contributed by atoms with Crippen LogP contribution in [0.1, 0.15) is 11.1 Å². The molecule has 0 radical (unpaired) electrons. The lowest BCUT2D eigenvalue weighted by Crippen LogP contribution is -2.30. The minimum Gasteiger partial charge on any atom is -0.508 e. The Kier molecular flexibility index (Phi) is 3.49. The van der Waals surface area contributed by atoms with Crippen molar-refractivity contribution in [1.82, 2.24) is 0 Å². The van der Waals surface area contributed by atoms with E-state index in [0.29, 0.717) is 6.42 Å². The van der Waals surface area contributed by atoms with Crippen LogP contribution < -0.4 is 4.90 Å². The van der Waals surface area contributed by atoms with Crippen LogP contribution >= 0.6 is 15.9 Å². The predicted molar refractivity (Wildman–Crippen MR) is 82.0 cm³/mol. The highest BCUT2D eigenvalue weighted by molar-refractivity contribution is 9.10. The number of rotatable bonds is 2. The monoisotopic (exact) mass is 331 g/mol. The van der Waals surface area contributed by atoms with Crippen LogP contribution in [0.15, 0.2) is 46.9 Å².